The van der Waals surface area contributed by atoms with E-state index in [1.54, 1.807) is 23.9 Å². The second-order valence-corrected chi connectivity index (χ2v) is 6.87. The summed E-state index contributed by atoms with van der Waals surface area (Å²) in [5, 5.41) is 25.6. The van der Waals surface area contributed by atoms with Gasteiger partial charge in [-0.15, -0.1) is 11.8 Å². The smallest absolute Gasteiger partial charge is 0.534 e. The molecule has 2 aliphatic heterocycles. The minimum absolute atomic E-state index is 0.0133. The first kappa shape index (κ1) is 16.2. The lowest BCUT2D eigenvalue weighted by molar-refractivity contribution is -0.119. The van der Waals surface area contributed by atoms with Crippen molar-refractivity contribution in [2.24, 2.45) is 0 Å². The molecule has 1 fully saturated rings. The van der Waals surface area contributed by atoms with Crippen molar-refractivity contribution in [3.8, 4) is 5.75 Å². The summed E-state index contributed by atoms with van der Waals surface area (Å²) in [5.74, 6) is -1.35. The molecule has 0 saturated carbocycles. The van der Waals surface area contributed by atoms with Crippen LogP contribution in [0.25, 0.3) is 0 Å². The first-order valence-electron chi connectivity index (χ1n) is 7.36. The van der Waals surface area contributed by atoms with E-state index in [1.807, 2.05) is 0 Å². The normalized spacial score (nSPS) is 20.2. The van der Waals surface area contributed by atoms with E-state index in [1.165, 1.54) is 6.07 Å². The zero-order chi connectivity index (χ0) is 16.4. The molecule has 0 radical (unpaired) electrons. The molecule has 23 heavy (non-hydrogen) atoms. The van der Waals surface area contributed by atoms with E-state index in [0.29, 0.717) is 23.0 Å². The maximum Gasteiger partial charge on any atom is 0.547 e. The van der Waals surface area contributed by atoms with Crippen molar-refractivity contribution in [3.63, 3.8) is 0 Å². The lowest BCUT2D eigenvalue weighted by atomic mass is 9.72. The van der Waals surface area contributed by atoms with Gasteiger partial charge in [-0.1, -0.05) is 12.1 Å². The number of carboxylic acids is 1. The monoisotopic (exact) mass is 336 g/mol. The topological polar surface area (TPSA) is 108 Å². The second-order valence-electron chi connectivity index (χ2n) is 5.58. The molecule has 122 valence electrons. The average Bonchev–Trinajstić information content (AvgIpc) is 2.45. The Morgan fingerprint density at radius 1 is 1.43 bits per heavy atom. The van der Waals surface area contributed by atoms with Crippen LogP contribution in [-0.2, 0) is 11.2 Å². The van der Waals surface area contributed by atoms with Gasteiger partial charge in [-0.05, 0) is 18.1 Å². The number of hydrogen-bond acceptors (Lipinski definition) is 6. The highest BCUT2D eigenvalue weighted by Crippen LogP contribution is 2.30. The van der Waals surface area contributed by atoms with Crippen molar-refractivity contribution in [1.82, 2.24) is 10.6 Å². The lowest BCUT2D eigenvalue weighted by Gasteiger charge is -2.29. The largest absolute Gasteiger partial charge is 0.547 e. The van der Waals surface area contributed by atoms with Crippen LogP contribution in [0.1, 0.15) is 15.9 Å². The molecule has 0 spiro atoms. The van der Waals surface area contributed by atoms with Gasteiger partial charge in [-0.3, -0.25) is 4.79 Å². The third-order valence-corrected chi connectivity index (χ3v) is 5.12. The van der Waals surface area contributed by atoms with E-state index in [2.05, 4.69) is 10.6 Å². The average molecular weight is 336 g/mol. The molecule has 1 saturated heterocycles. The molecule has 2 heterocycles. The minimum atomic E-state index is -1.26. The van der Waals surface area contributed by atoms with Crippen LogP contribution in [0.4, 0.5) is 0 Å². The zero-order valence-corrected chi connectivity index (χ0v) is 13.1. The molecule has 9 heteroatoms. The van der Waals surface area contributed by atoms with Crippen LogP contribution in [-0.4, -0.2) is 59.2 Å². The Morgan fingerprint density at radius 3 is 2.87 bits per heavy atom. The van der Waals surface area contributed by atoms with Gasteiger partial charge in [-0.2, -0.15) is 0 Å². The predicted octanol–water partition coefficient (Wildman–Crippen LogP) is -0.471. The Hall–Kier alpha value is -1.71. The fourth-order valence-corrected chi connectivity index (χ4v) is 3.48. The van der Waals surface area contributed by atoms with Gasteiger partial charge in [0.1, 0.15) is 5.75 Å². The second kappa shape index (κ2) is 6.82. The van der Waals surface area contributed by atoms with E-state index in [-0.39, 0.29) is 17.2 Å². The number of thioether (sulfide) groups is 1. The van der Waals surface area contributed by atoms with E-state index in [0.717, 1.165) is 13.1 Å². The Balaban J connectivity index is 1.62. The number of hydrogen-bond donors (Lipinski definition) is 4. The van der Waals surface area contributed by atoms with Gasteiger partial charge < -0.3 is 25.4 Å². The fourth-order valence-electron chi connectivity index (χ4n) is 2.54. The molecule has 1 atom stereocenters. The molecule has 1 aromatic rings. The first-order valence-corrected chi connectivity index (χ1v) is 8.41. The minimum Gasteiger partial charge on any atom is -0.534 e. The van der Waals surface area contributed by atoms with Gasteiger partial charge in [-0.25, -0.2) is 4.79 Å². The molecule has 0 aromatic heterocycles. The Morgan fingerprint density at radius 2 is 2.22 bits per heavy atom. The molecule has 4 N–H and O–H groups in total. The number of carbonyl (C=O) groups excluding carboxylic acids is 1. The Labute approximate surface area is 137 Å². The Bertz CT molecular complexity index is 625. The third kappa shape index (κ3) is 3.62. The van der Waals surface area contributed by atoms with Gasteiger partial charge in [0.2, 0.25) is 5.91 Å². The number of amides is 1. The van der Waals surface area contributed by atoms with Gasteiger partial charge in [0.15, 0.2) is 0 Å². The number of rotatable bonds is 5. The maximum absolute atomic E-state index is 12.0. The predicted molar refractivity (Wildman–Crippen MR) is 86.8 cm³/mol. The van der Waals surface area contributed by atoms with Crippen LogP contribution in [0.5, 0.6) is 5.75 Å². The van der Waals surface area contributed by atoms with E-state index < -0.39 is 19.0 Å². The molecular formula is C14H17BN2O5S. The van der Waals surface area contributed by atoms with Crippen molar-refractivity contribution >= 4 is 30.8 Å². The van der Waals surface area contributed by atoms with Crippen LogP contribution in [0.3, 0.4) is 0 Å². The highest BCUT2D eigenvalue weighted by molar-refractivity contribution is 8.00. The van der Waals surface area contributed by atoms with E-state index in [9.17, 15) is 14.6 Å². The number of aromatic carboxylic acids is 1. The van der Waals surface area contributed by atoms with Crippen molar-refractivity contribution in [2.75, 3.05) is 18.8 Å². The van der Waals surface area contributed by atoms with Crippen LogP contribution in [0, 0.1) is 0 Å². The number of nitrogens with one attached hydrogen (secondary N) is 2. The zero-order valence-electron chi connectivity index (χ0n) is 12.3. The Kier molecular flexibility index (Phi) is 4.79. The number of carboxylic acid groups (broad SMARTS) is 1. The van der Waals surface area contributed by atoms with Crippen molar-refractivity contribution in [2.45, 2.75) is 17.6 Å². The summed E-state index contributed by atoms with van der Waals surface area (Å²) in [6.45, 7) is 1.83. The number of fused-ring (bicyclic) bond motifs is 1. The molecule has 1 amide bonds. The molecule has 3 rings (SSSR count). The third-order valence-electron chi connectivity index (χ3n) is 3.89. The van der Waals surface area contributed by atoms with Crippen LogP contribution < -0.4 is 15.3 Å². The van der Waals surface area contributed by atoms with Gasteiger partial charge in [0.05, 0.1) is 17.3 Å². The van der Waals surface area contributed by atoms with Gasteiger partial charge >= 0.3 is 13.1 Å². The molecule has 0 bridgehead atoms. The summed E-state index contributed by atoms with van der Waals surface area (Å²) in [6.07, 6.45) is 0.332. The lowest BCUT2D eigenvalue weighted by Crippen LogP contribution is -2.54. The van der Waals surface area contributed by atoms with Gasteiger partial charge in [0, 0.05) is 18.3 Å². The number of para-hydroxylation sites is 1. The highest BCUT2D eigenvalue weighted by Gasteiger charge is 2.37. The van der Waals surface area contributed by atoms with Gasteiger partial charge in [0.25, 0.3) is 0 Å². The fraction of sp³-hybridized carbons (Fsp3) is 0.429. The van der Waals surface area contributed by atoms with Crippen LogP contribution >= 0.6 is 11.8 Å². The van der Waals surface area contributed by atoms with Crippen molar-refractivity contribution < 1.29 is 24.4 Å². The summed E-state index contributed by atoms with van der Waals surface area (Å²) in [5.41, 5.74) is 0.677. The summed E-state index contributed by atoms with van der Waals surface area (Å²) in [6, 6.07) is 4.79. The van der Waals surface area contributed by atoms with E-state index >= 15 is 0 Å². The molecule has 0 aliphatic carbocycles. The van der Waals surface area contributed by atoms with Crippen LogP contribution in [0.2, 0.25) is 0 Å². The van der Waals surface area contributed by atoms with Crippen molar-refractivity contribution in [3.05, 3.63) is 29.3 Å². The van der Waals surface area contributed by atoms with Crippen LogP contribution in [0.15, 0.2) is 18.2 Å². The molecule has 7 nitrogen and oxygen atoms in total. The van der Waals surface area contributed by atoms with Crippen molar-refractivity contribution in [1.29, 1.82) is 0 Å². The highest BCUT2D eigenvalue weighted by atomic mass is 32.2. The summed E-state index contributed by atoms with van der Waals surface area (Å²) in [4.78, 5) is 23.2. The first-order chi connectivity index (χ1) is 11.0. The standard InChI is InChI=1S/C14H17BN2O5S/c18-12(7-23-9-5-16-6-9)17-11-4-8-2-1-3-10(14(19)20)13(8)22-15(11)21/h1-3,9,11,16,21H,4-7H2,(H,17,18)(H,19,20). The van der Waals surface area contributed by atoms with E-state index in [4.69, 9.17) is 9.76 Å². The maximum atomic E-state index is 12.0. The number of carbonyl (C=O) groups is 2. The molecule has 1 aromatic carbocycles. The molecular weight excluding hydrogens is 319 g/mol. The number of benzene rings is 1. The molecule has 2 aliphatic rings. The summed E-state index contributed by atoms with van der Waals surface area (Å²) in [7, 11) is -1.26. The molecule has 1 unspecified atom stereocenters. The summed E-state index contributed by atoms with van der Waals surface area (Å²) < 4.78 is 5.34. The quantitative estimate of drug-likeness (QED) is 0.539. The summed E-state index contributed by atoms with van der Waals surface area (Å²) >= 11 is 1.58. The SMILES string of the molecule is O=C(CSC1CNC1)NC1Cc2cccc(C(=O)O)c2OB1O.